The summed E-state index contributed by atoms with van der Waals surface area (Å²) in [5.74, 6) is -0.148. The number of rotatable bonds is 10. The first-order chi connectivity index (χ1) is 15.8. The van der Waals surface area contributed by atoms with Gasteiger partial charge in [-0.2, -0.15) is 9.40 Å². The summed E-state index contributed by atoms with van der Waals surface area (Å²) in [5.41, 5.74) is 2.39. The predicted molar refractivity (Wildman–Crippen MR) is 131 cm³/mol. The standard InChI is InChI=1S/C23H36N6O3S/c1-5-27-12-14-28(15-13-27)22-10-9-20(33(31,32)29(6-2)7-3)16-21(22)25-23(30)11-8-19-17-24-26(4)18-19/h9-10,16-18H,5-8,11-15H2,1-4H3,(H,25,30). The Morgan fingerprint density at radius 1 is 1.12 bits per heavy atom. The maximum absolute atomic E-state index is 13.1. The maximum atomic E-state index is 13.1. The second kappa shape index (κ2) is 11.1. The third-order valence-corrected chi connectivity index (χ3v) is 8.19. The molecule has 10 heteroatoms. The van der Waals surface area contributed by atoms with Gasteiger partial charge in [0.1, 0.15) is 0 Å². The zero-order valence-corrected chi connectivity index (χ0v) is 20.9. The van der Waals surface area contributed by atoms with Crippen LogP contribution in [0, 0.1) is 0 Å². The monoisotopic (exact) mass is 476 g/mol. The van der Waals surface area contributed by atoms with Crippen LogP contribution in [0.5, 0.6) is 0 Å². The molecule has 0 radical (unpaired) electrons. The second-order valence-electron chi connectivity index (χ2n) is 8.26. The van der Waals surface area contributed by atoms with Gasteiger partial charge in [0.25, 0.3) is 0 Å². The minimum absolute atomic E-state index is 0.148. The molecule has 1 N–H and O–H groups in total. The van der Waals surface area contributed by atoms with Gasteiger partial charge in [-0.15, -0.1) is 0 Å². The molecule has 1 saturated heterocycles. The van der Waals surface area contributed by atoms with Gasteiger partial charge in [0.05, 0.1) is 22.5 Å². The number of anilines is 2. The predicted octanol–water partition coefficient (Wildman–Crippen LogP) is 2.16. The van der Waals surface area contributed by atoms with Gasteiger partial charge in [-0.1, -0.05) is 20.8 Å². The molecule has 0 unspecified atom stereocenters. The summed E-state index contributed by atoms with van der Waals surface area (Å²) in [6.07, 6.45) is 4.51. The van der Waals surface area contributed by atoms with Gasteiger partial charge in [0.15, 0.2) is 0 Å². The Hall–Kier alpha value is -2.43. The second-order valence-corrected chi connectivity index (χ2v) is 10.2. The van der Waals surface area contributed by atoms with Crippen LogP contribution >= 0.6 is 0 Å². The zero-order valence-electron chi connectivity index (χ0n) is 20.1. The van der Waals surface area contributed by atoms with E-state index in [9.17, 15) is 13.2 Å². The van der Waals surface area contributed by atoms with E-state index in [1.165, 1.54) is 4.31 Å². The molecule has 33 heavy (non-hydrogen) atoms. The molecule has 0 atom stereocenters. The number of aryl methyl sites for hydroxylation is 2. The molecule has 0 bridgehead atoms. The van der Waals surface area contributed by atoms with Crippen molar-refractivity contribution in [2.75, 3.05) is 56.0 Å². The van der Waals surface area contributed by atoms with Crippen LogP contribution in [-0.4, -0.2) is 79.1 Å². The van der Waals surface area contributed by atoms with Crippen LogP contribution in [0.25, 0.3) is 0 Å². The number of piperazine rings is 1. The SMILES string of the molecule is CCN1CCN(c2ccc(S(=O)(=O)N(CC)CC)cc2NC(=O)CCc2cnn(C)c2)CC1. The number of likely N-dealkylation sites (N-methyl/N-ethyl adjacent to an activating group) is 1. The number of hydrogen-bond acceptors (Lipinski definition) is 6. The summed E-state index contributed by atoms with van der Waals surface area (Å²) in [6.45, 7) is 11.1. The third kappa shape index (κ3) is 6.13. The lowest BCUT2D eigenvalue weighted by atomic mass is 10.1. The number of amides is 1. The molecule has 9 nitrogen and oxygen atoms in total. The van der Waals surface area contributed by atoms with Gasteiger partial charge in [-0.05, 0) is 36.7 Å². The molecular weight excluding hydrogens is 440 g/mol. The molecule has 1 aromatic heterocycles. The fraction of sp³-hybridized carbons (Fsp3) is 0.565. The molecule has 1 amide bonds. The number of carbonyl (C=O) groups excluding carboxylic acids is 1. The fourth-order valence-electron chi connectivity index (χ4n) is 4.14. The average Bonchev–Trinajstić information content (AvgIpc) is 3.23. The van der Waals surface area contributed by atoms with E-state index in [0.29, 0.717) is 31.6 Å². The molecule has 1 aliphatic rings. The van der Waals surface area contributed by atoms with Crippen LogP contribution in [0.15, 0.2) is 35.5 Å². The smallest absolute Gasteiger partial charge is 0.243 e. The minimum atomic E-state index is -3.63. The largest absolute Gasteiger partial charge is 0.367 e. The Balaban J connectivity index is 1.85. The van der Waals surface area contributed by atoms with Crippen LogP contribution in [-0.2, 0) is 28.3 Å². The molecule has 2 aromatic rings. The van der Waals surface area contributed by atoms with Gasteiger partial charge in [0.2, 0.25) is 15.9 Å². The van der Waals surface area contributed by atoms with Crippen molar-refractivity contribution in [1.29, 1.82) is 0 Å². The van der Waals surface area contributed by atoms with Crippen molar-refractivity contribution < 1.29 is 13.2 Å². The van der Waals surface area contributed by atoms with Crippen LogP contribution in [0.3, 0.4) is 0 Å². The number of nitrogens with one attached hydrogen (secondary N) is 1. The first-order valence-corrected chi connectivity index (χ1v) is 13.1. The Morgan fingerprint density at radius 3 is 2.39 bits per heavy atom. The highest BCUT2D eigenvalue weighted by atomic mass is 32.2. The Kier molecular flexibility index (Phi) is 8.50. The quantitative estimate of drug-likeness (QED) is 0.565. The van der Waals surface area contributed by atoms with Crippen LogP contribution in [0.2, 0.25) is 0 Å². The van der Waals surface area contributed by atoms with Crippen LogP contribution in [0.1, 0.15) is 32.8 Å². The molecule has 1 fully saturated rings. The summed E-state index contributed by atoms with van der Waals surface area (Å²) in [4.78, 5) is 17.6. The minimum Gasteiger partial charge on any atom is -0.367 e. The normalized spacial score (nSPS) is 15.2. The summed E-state index contributed by atoms with van der Waals surface area (Å²) in [7, 11) is -1.78. The number of hydrogen-bond donors (Lipinski definition) is 1. The Morgan fingerprint density at radius 2 is 1.82 bits per heavy atom. The van der Waals surface area contributed by atoms with Crippen molar-refractivity contribution in [3.8, 4) is 0 Å². The first kappa shape index (κ1) is 25.2. The topological polar surface area (TPSA) is 90.8 Å². The molecule has 0 aliphatic carbocycles. The first-order valence-electron chi connectivity index (χ1n) is 11.7. The van der Waals surface area contributed by atoms with E-state index in [1.807, 2.05) is 33.2 Å². The van der Waals surface area contributed by atoms with Crippen molar-refractivity contribution in [2.24, 2.45) is 7.05 Å². The summed E-state index contributed by atoms with van der Waals surface area (Å²) < 4.78 is 29.3. The molecule has 182 valence electrons. The highest BCUT2D eigenvalue weighted by Crippen LogP contribution is 2.31. The van der Waals surface area contributed by atoms with Gasteiger partial charge >= 0.3 is 0 Å². The molecule has 2 heterocycles. The van der Waals surface area contributed by atoms with Crippen molar-refractivity contribution in [3.63, 3.8) is 0 Å². The lowest BCUT2D eigenvalue weighted by Crippen LogP contribution is -2.46. The lowest BCUT2D eigenvalue weighted by Gasteiger charge is -2.36. The van der Waals surface area contributed by atoms with E-state index in [4.69, 9.17) is 0 Å². The molecule has 1 aromatic carbocycles. The molecular formula is C23H36N6O3S. The van der Waals surface area contributed by atoms with Gasteiger partial charge in [-0.3, -0.25) is 9.48 Å². The molecule has 0 spiro atoms. The van der Waals surface area contributed by atoms with Crippen molar-refractivity contribution >= 4 is 27.3 Å². The average molecular weight is 477 g/mol. The van der Waals surface area contributed by atoms with Crippen LogP contribution < -0.4 is 10.2 Å². The lowest BCUT2D eigenvalue weighted by molar-refractivity contribution is -0.116. The van der Waals surface area contributed by atoms with Gasteiger partial charge in [0, 0.05) is 58.9 Å². The Labute approximate surface area is 197 Å². The van der Waals surface area contributed by atoms with E-state index >= 15 is 0 Å². The van der Waals surface area contributed by atoms with Gasteiger partial charge < -0.3 is 15.1 Å². The number of sulfonamides is 1. The maximum Gasteiger partial charge on any atom is 0.243 e. The van der Waals surface area contributed by atoms with E-state index in [2.05, 4.69) is 27.1 Å². The molecule has 0 saturated carbocycles. The fourth-order valence-corrected chi connectivity index (χ4v) is 5.63. The summed E-state index contributed by atoms with van der Waals surface area (Å²) in [6, 6.07) is 5.09. The molecule has 1 aliphatic heterocycles. The number of aromatic nitrogens is 2. The van der Waals surface area contributed by atoms with Crippen molar-refractivity contribution in [3.05, 3.63) is 36.2 Å². The van der Waals surface area contributed by atoms with Crippen molar-refractivity contribution in [2.45, 2.75) is 38.5 Å². The Bertz CT molecular complexity index is 1040. The van der Waals surface area contributed by atoms with Crippen molar-refractivity contribution in [1.82, 2.24) is 19.0 Å². The highest BCUT2D eigenvalue weighted by molar-refractivity contribution is 7.89. The summed E-state index contributed by atoms with van der Waals surface area (Å²) >= 11 is 0. The van der Waals surface area contributed by atoms with Gasteiger partial charge in [-0.25, -0.2) is 8.42 Å². The summed E-state index contributed by atoms with van der Waals surface area (Å²) in [5, 5.41) is 7.13. The van der Waals surface area contributed by atoms with Crippen LogP contribution in [0.4, 0.5) is 11.4 Å². The van der Waals surface area contributed by atoms with E-state index in [-0.39, 0.29) is 10.8 Å². The van der Waals surface area contributed by atoms with E-state index < -0.39 is 10.0 Å². The van der Waals surface area contributed by atoms with E-state index in [1.54, 1.807) is 23.0 Å². The molecule has 3 rings (SSSR count). The number of nitrogens with zero attached hydrogens (tertiary/aromatic N) is 5. The van der Waals surface area contributed by atoms with E-state index in [0.717, 1.165) is 44.0 Å². The number of benzene rings is 1. The zero-order chi connectivity index (χ0) is 24.0. The highest BCUT2D eigenvalue weighted by Gasteiger charge is 2.25. The third-order valence-electron chi connectivity index (χ3n) is 6.14. The number of carbonyl (C=O) groups is 1.